The zero-order valence-electron chi connectivity index (χ0n) is 20.0. The van der Waals surface area contributed by atoms with Crippen molar-refractivity contribution in [3.8, 4) is 28.6 Å². The number of benzene rings is 2. The molecule has 2 aromatic carbocycles. The average molecular weight is 485 g/mol. The molecule has 0 saturated heterocycles. The zero-order chi connectivity index (χ0) is 24.6. The van der Waals surface area contributed by atoms with Crippen molar-refractivity contribution < 1.29 is 8.42 Å². The van der Waals surface area contributed by atoms with E-state index in [0.717, 1.165) is 51.8 Å². The van der Waals surface area contributed by atoms with Gasteiger partial charge in [-0.2, -0.15) is 5.26 Å². The van der Waals surface area contributed by atoms with Gasteiger partial charge in [0, 0.05) is 34.4 Å². The number of pyridine rings is 1. The molecule has 0 amide bonds. The molecular weight excluding hydrogens is 456 g/mol. The number of anilines is 1. The first-order valence-corrected chi connectivity index (χ1v) is 13.7. The van der Waals surface area contributed by atoms with E-state index in [9.17, 15) is 13.7 Å². The minimum Gasteiger partial charge on any atom is -0.336 e. The summed E-state index contributed by atoms with van der Waals surface area (Å²) in [7, 11) is -3.37. The first kappa shape index (κ1) is 23.1. The summed E-state index contributed by atoms with van der Waals surface area (Å²) in [5.74, 6) is 0.0842. The van der Waals surface area contributed by atoms with Gasteiger partial charge < -0.3 is 4.57 Å². The number of rotatable bonds is 7. The maximum atomic E-state index is 12.3. The van der Waals surface area contributed by atoms with Crippen LogP contribution in [0.1, 0.15) is 49.8 Å². The monoisotopic (exact) mass is 484 g/mol. The number of fused-ring (bicyclic) bond motifs is 1. The number of nitrogens with one attached hydrogen (secondary N) is 1. The van der Waals surface area contributed by atoms with Crippen molar-refractivity contribution in [2.75, 3.05) is 10.5 Å². The second-order valence-corrected chi connectivity index (χ2v) is 11.0. The maximum absolute atomic E-state index is 12.3. The molecule has 1 N–H and O–H groups in total. The smallest absolute Gasteiger partial charge is 0.232 e. The molecule has 0 aliphatic heterocycles. The summed E-state index contributed by atoms with van der Waals surface area (Å²) in [4.78, 5) is 4.51. The highest BCUT2D eigenvalue weighted by Gasteiger charge is 2.28. The van der Waals surface area contributed by atoms with E-state index in [4.69, 9.17) is 0 Å². The Labute approximate surface area is 206 Å². The van der Waals surface area contributed by atoms with Crippen molar-refractivity contribution in [2.24, 2.45) is 0 Å². The number of hydrogen-bond acceptors (Lipinski definition) is 4. The number of aryl methyl sites for hydroxylation is 1. The van der Waals surface area contributed by atoms with E-state index in [2.05, 4.69) is 26.4 Å². The molecule has 1 aliphatic carbocycles. The summed E-state index contributed by atoms with van der Waals surface area (Å²) in [5.41, 5.74) is 6.93. The van der Waals surface area contributed by atoms with Crippen molar-refractivity contribution in [3.63, 3.8) is 0 Å². The van der Waals surface area contributed by atoms with Crippen LogP contribution in [0.4, 0.5) is 5.69 Å². The normalized spacial score (nSPS) is 14.0. The molecule has 178 valence electrons. The Kier molecular flexibility index (Phi) is 6.08. The van der Waals surface area contributed by atoms with Gasteiger partial charge in [-0.15, -0.1) is 0 Å². The second kappa shape index (κ2) is 9.20. The third-order valence-electron chi connectivity index (χ3n) is 6.74. The molecule has 4 aromatic rings. The largest absolute Gasteiger partial charge is 0.336 e. The molecular formula is C28H28N4O2S. The van der Waals surface area contributed by atoms with Crippen molar-refractivity contribution in [1.29, 1.82) is 5.26 Å². The van der Waals surface area contributed by atoms with E-state index in [0.29, 0.717) is 23.7 Å². The maximum Gasteiger partial charge on any atom is 0.232 e. The molecule has 1 aliphatic rings. The van der Waals surface area contributed by atoms with Crippen LogP contribution in [0.25, 0.3) is 33.4 Å². The van der Waals surface area contributed by atoms with Gasteiger partial charge in [0.1, 0.15) is 6.07 Å². The predicted molar refractivity (Wildman–Crippen MR) is 141 cm³/mol. The van der Waals surface area contributed by atoms with Gasteiger partial charge in [0.05, 0.1) is 28.2 Å². The standard InChI is InChI=1S/C28H28N4O2S/c1-3-15-35(33,34)31-21-11-13-23(19(2)16-21)28-25(18-29)24-12-10-20(26-9-4-5-14-30-26)17-27(24)32(28)22-7-6-8-22/h4-5,9-14,16-17,22,31H,3,6-8,15H2,1-2H3. The summed E-state index contributed by atoms with van der Waals surface area (Å²) in [5, 5.41) is 11.2. The summed E-state index contributed by atoms with van der Waals surface area (Å²) in [6.07, 6.45) is 5.66. The van der Waals surface area contributed by atoms with Crippen LogP contribution in [-0.4, -0.2) is 23.7 Å². The molecule has 1 saturated carbocycles. The Morgan fingerprint density at radius 3 is 2.60 bits per heavy atom. The van der Waals surface area contributed by atoms with E-state index in [1.54, 1.807) is 12.3 Å². The fraction of sp³-hybridized carbons (Fsp3) is 0.286. The Bertz CT molecular complexity index is 1550. The lowest BCUT2D eigenvalue weighted by atomic mass is 9.91. The average Bonchev–Trinajstić information content (AvgIpc) is 3.11. The van der Waals surface area contributed by atoms with Crippen molar-refractivity contribution in [3.05, 3.63) is 71.9 Å². The molecule has 0 atom stereocenters. The van der Waals surface area contributed by atoms with Crippen molar-refractivity contribution in [1.82, 2.24) is 9.55 Å². The number of nitriles is 1. The molecule has 0 bridgehead atoms. The quantitative estimate of drug-likeness (QED) is 0.327. The van der Waals surface area contributed by atoms with Crippen LogP contribution in [0.3, 0.4) is 0 Å². The van der Waals surface area contributed by atoms with Crippen LogP contribution in [0.5, 0.6) is 0 Å². The third-order valence-corrected chi connectivity index (χ3v) is 8.24. The Hall–Kier alpha value is -3.63. The van der Waals surface area contributed by atoms with Gasteiger partial charge in [0.2, 0.25) is 10.0 Å². The van der Waals surface area contributed by atoms with Crippen LogP contribution in [0, 0.1) is 18.3 Å². The second-order valence-electron chi connectivity index (χ2n) is 9.19. The molecule has 0 unspecified atom stereocenters. The van der Waals surface area contributed by atoms with E-state index in [1.807, 2.05) is 56.3 Å². The molecule has 7 heteroatoms. The summed E-state index contributed by atoms with van der Waals surface area (Å²) < 4.78 is 29.5. The van der Waals surface area contributed by atoms with Crippen LogP contribution >= 0.6 is 0 Å². The molecule has 5 rings (SSSR count). The lowest BCUT2D eigenvalue weighted by Crippen LogP contribution is -2.18. The fourth-order valence-corrected chi connectivity index (χ4v) is 6.02. The number of nitrogens with zero attached hydrogens (tertiary/aromatic N) is 3. The van der Waals surface area contributed by atoms with Crippen LogP contribution in [-0.2, 0) is 10.0 Å². The molecule has 35 heavy (non-hydrogen) atoms. The topological polar surface area (TPSA) is 87.8 Å². The summed E-state index contributed by atoms with van der Waals surface area (Å²) in [6.45, 7) is 3.81. The number of hydrogen-bond donors (Lipinski definition) is 1. The molecule has 2 heterocycles. The minimum absolute atomic E-state index is 0.0842. The van der Waals surface area contributed by atoms with E-state index >= 15 is 0 Å². The highest BCUT2D eigenvalue weighted by molar-refractivity contribution is 7.92. The van der Waals surface area contributed by atoms with Gasteiger partial charge in [-0.05, 0) is 68.5 Å². The first-order chi connectivity index (χ1) is 16.9. The highest BCUT2D eigenvalue weighted by Crippen LogP contribution is 2.44. The Morgan fingerprint density at radius 1 is 1.14 bits per heavy atom. The Morgan fingerprint density at radius 2 is 1.97 bits per heavy atom. The third kappa shape index (κ3) is 4.30. The minimum atomic E-state index is -3.37. The SMILES string of the molecule is CCCS(=O)(=O)Nc1ccc(-c2c(C#N)c3ccc(-c4ccccn4)cc3n2C2CCC2)c(C)c1. The summed E-state index contributed by atoms with van der Waals surface area (Å²) >= 11 is 0. The molecule has 1 fully saturated rings. The van der Waals surface area contributed by atoms with E-state index in [-0.39, 0.29) is 5.75 Å². The fourth-order valence-electron chi connectivity index (χ4n) is 4.90. The molecule has 0 spiro atoms. The van der Waals surface area contributed by atoms with Crippen molar-refractivity contribution >= 4 is 26.6 Å². The van der Waals surface area contributed by atoms with E-state index < -0.39 is 10.0 Å². The first-order valence-electron chi connectivity index (χ1n) is 12.0. The van der Waals surface area contributed by atoms with Gasteiger partial charge in [-0.1, -0.05) is 31.2 Å². The van der Waals surface area contributed by atoms with Crippen LogP contribution < -0.4 is 4.72 Å². The molecule has 0 radical (unpaired) electrons. The van der Waals surface area contributed by atoms with Gasteiger partial charge in [-0.25, -0.2) is 8.42 Å². The lowest BCUT2D eigenvalue weighted by molar-refractivity contribution is 0.324. The Balaban J connectivity index is 1.68. The lowest BCUT2D eigenvalue weighted by Gasteiger charge is -2.30. The molecule has 6 nitrogen and oxygen atoms in total. The predicted octanol–water partition coefficient (Wildman–Crippen LogP) is 6.43. The number of aromatic nitrogens is 2. The van der Waals surface area contributed by atoms with Gasteiger partial charge in [-0.3, -0.25) is 9.71 Å². The van der Waals surface area contributed by atoms with Crippen molar-refractivity contribution in [2.45, 2.75) is 45.6 Å². The highest BCUT2D eigenvalue weighted by atomic mass is 32.2. The molecule has 2 aromatic heterocycles. The number of sulfonamides is 1. The zero-order valence-corrected chi connectivity index (χ0v) is 20.8. The van der Waals surface area contributed by atoms with E-state index in [1.165, 1.54) is 6.42 Å². The van der Waals surface area contributed by atoms with Crippen LogP contribution in [0.15, 0.2) is 60.8 Å². The summed E-state index contributed by atoms with van der Waals surface area (Å²) in [6, 6.07) is 20.4. The van der Waals surface area contributed by atoms with Crippen LogP contribution in [0.2, 0.25) is 0 Å². The van der Waals surface area contributed by atoms with Gasteiger partial charge >= 0.3 is 0 Å². The van der Waals surface area contributed by atoms with Gasteiger partial charge in [0.25, 0.3) is 0 Å². The van der Waals surface area contributed by atoms with Gasteiger partial charge in [0.15, 0.2) is 0 Å².